The van der Waals surface area contributed by atoms with Crippen LogP contribution in [0.2, 0.25) is 0 Å². The molecule has 0 heteroatoms. The molecule has 0 aromatic rings. The van der Waals surface area contributed by atoms with E-state index in [-0.39, 0.29) is 149 Å². The average molecular weight is 477 g/mol. The lowest BCUT2D eigenvalue weighted by Gasteiger charge is -2.05. The van der Waals surface area contributed by atoms with Gasteiger partial charge in [-0.3, -0.25) is 0 Å². The van der Waals surface area contributed by atoms with Gasteiger partial charge in [-0.15, -0.1) is 0 Å². The number of unbranched alkanes of at least 4 members (excludes halogenated alkanes) is 2. The lowest BCUT2D eigenvalue weighted by Crippen LogP contribution is -1.89. The van der Waals surface area contributed by atoms with E-state index in [0.29, 0.717) is 0 Å². The molecule has 0 spiro atoms. The van der Waals surface area contributed by atoms with E-state index in [1.165, 1.54) is 32.1 Å². The first-order valence-electron chi connectivity index (χ1n) is 5.13. The summed E-state index contributed by atoms with van der Waals surface area (Å²) >= 11 is 0. The highest BCUT2D eigenvalue weighted by Gasteiger charge is 1.95. The van der Waals surface area contributed by atoms with Crippen molar-refractivity contribution in [2.45, 2.75) is 208 Å². The van der Waals surface area contributed by atoms with Crippen molar-refractivity contribution in [3.8, 4) is 0 Å². The molecule has 0 unspecified atom stereocenters. The van der Waals surface area contributed by atoms with E-state index in [1.54, 1.807) is 0 Å². The van der Waals surface area contributed by atoms with E-state index in [0.717, 1.165) is 11.8 Å². The van der Waals surface area contributed by atoms with Crippen LogP contribution in [-0.4, -0.2) is 0 Å². The molecule has 0 aromatic heterocycles. The Hall–Kier alpha value is 0. The molecule has 0 rings (SSSR count). The molecule has 0 aromatic carbocycles. The third kappa shape index (κ3) is 368. The topological polar surface area (TPSA) is 0 Å². The largest absolute Gasteiger partial charge is 0.0776 e. The third-order valence-corrected chi connectivity index (χ3v) is 2.06. The standard InChI is InChI=1S/C11H24.20CH4/c1-10(2)8-6-5-7-9-11(3)4;;;;;;;;;;;;;;;;;;;;/h10-11H,5-9H2,1-4H3;20*1H4. The molecule has 0 saturated heterocycles. The van der Waals surface area contributed by atoms with Crippen LogP contribution < -0.4 is 0 Å². The van der Waals surface area contributed by atoms with Gasteiger partial charge in [0.25, 0.3) is 0 Å². The zero-order valence-electron chi connectivity index (χ0n) is 8.69. The van der Waals surface area contributed by atoms with E-state index in [1.807, 2.05) is 0 Å². The molecular formula is C31H104. The number of hydrogen-bond donors (Lipinski definition) is 0. The highest BCUT2D eigenvalue weighted by molar-refractivity contribution is 4.49. The van der Waals surface area contributed by atoms with Crippen LogP contribution in [0.1, 0.15) is 208 Å². The Morgan fingerprint density at radius 2 is 0.387 bits per heavy atom. The van der Waals surface area contributed by atoms with Gasteiger partial charge in [-0.05, 0) is 11.8 Å². The van der Waals surface area contributed by atoms with Gasteiger partial charge >= 0.3 is 0 Å². The summed E-state index contributed by atoms with van der Waals surface area (Å²) in [5.41, 5.74) is 0. The molecule has 228 valence electrons. The highest BCUT2D eigenvalue weighted by Crippen LogP contribution is 2.12. The first-order valence-corrected chi connectivity index (χ1v) is 5.13. The van der Waals surface area contributed by atoms with Gasteiger partial charge in [0.2, 0.25) is 0 Å². The second kappa shape index (κ2) is 209. The van der Waals surface area contributed by atoms with Crippen LogP contribution in [-0.2, 0) is 0 Å². The Morgan fingerprint density at radius 3 is 0.484 bits per heavy atom. The second-order valence-electron chi connectivity index (χ2n) is 4.43. The minimum Gasteiger partial charge on any atom is -0.0776 e. The van der Waals surface area contributed by atoms with Gasteiger partial charge < -0.3 is 0 Å². The first-order chi connectivity index (χ1) is 5.13. The lowest BCUT2D eigenvalue weighted by molar-refractivity contribution is 0.486. The van der Waals surface area contributed by atoms with Crippen molar-refractivity contribution in [2.24, 2.45) is 11.8 Å². The minimum atomic E-state index is 0. The SMILES string of the molecule is C.C.C.C.C.C.C.C.C.C.C.C.C.C.C.C.C.C.C.C.CC(C)CCCCCC(C)C. The van der Waals surface area contributed by atoms with E-state index in [4.69, 9.17) is 0 Å². The van der Waals surface area contributed by atoms with E-state index in [2.05, 4.69) is 27.7 Å². The lowest BCUT2D eigenvalue weighted by atomic mass is 10.0. The van der Waals surface area contributed by atoms with Crippen molar-refractivity contribution < 1.29 is 0 Å². The maximum Gasteiger partial charge on any atom is -0.0471 e. The van der Waals surface area contributed by atoms with Crippen molar-refractivity contribution in [1.82, 2.24) is 0 Å². The summed E-state index contributed by atoms with van der Waals surface area (Å²) in [6, 6.07) is 0. The predicted octanol–water partition coefficient (Wildman–Crippen LogP) is 17.0. The zero-order chi connectivity index (χ0) is 8.69. The number of hydrogen-bond acceptors (Lipinski definition) is 0. The van der Waals surface area contributed by atoms with Crippen molar-refractivity contribution >= 4 is 0 Å². The highest BCUT2D eigenvalue weighted by atomic mass is 14.0. The van der Waals surface area contributed by atoms with Crippen LogP contribution >= 0.6 is 0 Å². The summed E-state index contributed by atoms with van der Waals surface area (Å²) in [6.45, 7) is 9.23. The van der Waals surface area contributed by atoms with Crippen molar-refractivity contribution in [2.75, 3.05) is 0 Å². The van der Waals surface area contributed by atoms with E-state index < -0.39 is 0 Å². The summed E-state index contributed by atoms with van der Waals surface area (Å²) in [4.78, 5) is 0. The zero-order valence-corrected chi connectivity index (χ0v) is 8.69. The Morgan fingerprint density at radius 1 is 0.258 bits per heavy atom. The molecule has 0 aliphatic rings. The van der Waals surface area contributed by atoms with Crippen LogP contribution in [0.25, 0.3) is 0 Å². The molecule has 0 saturated carbocycles. The molecule has 0 fully saturated rings. The van der Waals surface area contributed by atoms with Crippen molar-refractivity contribution in [3.63, 3.8) is 0 Å². The predicted molar refractivity (Wildman–Crippen MR) is 187 cm³/mol. The van der Waals surface area contributed by atoms with Gasteiger partial charge in [-0.25, -0.2) is 0 Å². The monoisotopic (exact) mass is 477 g/mol. The maximum absolute atomic E-state index is 2.31. The van der Waals surface area contributed by atoms with Gasteiger partial charge in [-0.1, -0.05) is 208 Å². The van der Waals surface area contributed by atoms with Gasteiger partial charge in [0, 0.05) is 0 Å². The maximum atomic E-state index is 2.31. The Labute approximate surface area is 220 Å². The fourth-order valence-electron chi connectivity index (χ4n) is 1.28. The smallest absolute Gasteiger partial charge is 0.0471 e. The van der Waals surface area contributed by atoms with Gasteiger partial charge in [0.05, 0.1) is 0 Å². The summed E-state index contributed by atoms with van der Waals surface area (Å²) in [7, 11) is 0. The van der Waals surface area contributed by atoms with E-state index in [9.17, 15) is 0 Å². The second-order valence-corrected chi connectivity index (χ2v) is 4.43. The van der Waals surface area contributed by atoms with Crippen LogP contribution in [0.15, 0.2) is 0 Å². The third-order valence-electron chi connectivity index (χ3n) is 2.06. The molecule has 0 aliphatic carbocycles. The summed E-state index contributed by atoms with van der Waals surface area (Å²) in [5.74, 6) is 1.79. The summed E-state index contributed by atoms with van der Waals surface area (Å²) in [6.07, 6.45) is 7.14. The fraction of sp³-hybridized carbons (Fsp3) is 1.00. The van der Waals surface area contributed by atoms with Crippen LogP contribution in [0.5, 0.6) is 0 Å². The van der Waals surface area contributed by atoms with Crippen molar-refractivity contribution in [1.29, 1.82) is 0 Å². The molecule has 0 nitrogen and oxygen atoms in total. The molecule has 0 N–H and O–H groups in total. The quantitative estimate of drug-likeness (QED) is 0.334. The fourth-order valence-corrected chi connectivity index (χ4v) is 1.28. The van der Waals surface area contributed by atoms with Gasteiger partial charge in [0.15, 0.2) is 0 Å². The van der Waals surface area contributed by atoms with E-state index >= 15 is 0 Å². The first kappa shape index (κ1) is 279. The minimum absolute atomic E-state index is 0. The normalized spacial score (nSPS) is 4.06. The molecule has 0 radical (unpaired) electrons. The van der Waals surface area contributed by atoms with Crippen molar-refractivity contribution in [3.05, 3.63) is 0 Å². The van der Waals surface area contributed by atoms with Gasteiger partial charge in [-0.2, -0.15) is 0 Å². The molecule has 0 atom stereocenters. The Kier molecular flexibility index (Phi) is 1880. The van der Waals surface area contributed by atoms with Gasteiger partial charge in [0.1, 0.15) is 0 Å². The van der Waals surface area contributed by atoms with Crippen LogP contribution in [0.3, 0.4) is 0 Å². The molecule has 0 amide bonds. The molecule has 0 heterocycles. The molecule has 0 bridgehead atoms. The summed E-state index contributed by atoms with van der Waals surface area (Å²) < 4.78 is 0. The molecule has 31 heavy (non-hydrogen) atoms. The Bertz CT molecular complexity index is 62.1. The summed E-state index contributed by atoms with van der Waals surface area (Å²) in [5, 5.41) is 0. The number of rotatable bonds is 6. The molecular weight excluding hydrogens is 372 g/mol. The average Bonchev–Trinajstić information content (AvgIpc) is 1.85. The Balaban J connectivity index is -0.00000000263. The molecule has 0 aliphatic heterocycles. The van der Waals surface area contributed by atoms with Crippen LogP contribution in [0, 0.1) is 11.8 Å². The van der Waals surface area contributed by atoms with Crippen LogP contribution in [0.4, 0.5) is 0 Å².